The Bertz CT molecular complexity index is 1430. The number of benzene rings is 2. The van der Waals surface area contributed by atoms with Crippen molar-refractivity contribution in [1.29, 1.82) is 0 Å². The lowest BCUT2D eigenvalue weighted by molar-refractivity contribution is 0.0958. The Kier molecular flexibility index (Phi) is 4.75. The van der Waals surface area contributed by atoms with Gasteiger partial charge < -0.3 is 24.6 Å². The van der Waals surface area contributed by atoms with Crippen LogP contribution in [0, 0.1) is 0 Å². The highest BCUT2D eigenvalue weighted by molar-refractivity contribution is 5.92. The van der Waals surface area contributed by atoms with E-state index in [4.69, 9.17) is 19.3 Å². The van der Waals surface area contributed by atoms with E-state index in [1.165, 1.54) is 12.6 Å². The first-order valence-corrected chi connectivity index (χ1v) is 9.66. The van der Waals surface area contributed by atoms with Crippen molar-refractivity contribution in [2.24, 2.45) is 0 Å². The molecule has 0 radical (unpaired) electrons. The predicted octanol–water partition coefficient (Wildman–Crippen LogP) is 4.28. The number of fused-ring (bicyclic) bond motifs is 1. The molecule has 0 aliphatic carbocycles. The molecule has 0 unspecified atom stereocenters. The maximum Gasteiger partial charge on any atom is 0.269 e. The summed E-state index contributed by atoms with van der Waals surface area (Å²) in [7, 11) is 1.54. The number of pyridine rings is 1. The highest BCUT2D eigenvalue weighted by Crippen LogP contribution is 2.37. The third-order valence-electron chi connectivity index (χ3n) is 4.79. The zero-order valence-electron chi connectivity index (χ0n) is 16.9. The van der Waals surface area contributed by atoms with Crippen LogP contribution in [0.3, 0.4) is 0 Å². The standard InChI is InChI=1S/C23H17N5O4/c1-25-22(29)18-9-14(7-8-27-18)31-13-5-6-17-19(10-13)32-23(28-17)15-3-2-4-16(24)21(15)20-11-26-12-30-20/h2-12H,24H2,1H3,(H,25,29). The number of hydrogen-bond acceptors (Lipinski definition) is 8. The minimum absolute atomic E-state index is 0.259. The molecule has 0 bridgehead atoms. The van der Waals surface area contributed by atoms with Gasteiger partial charge in [0.1, 0.15) is 22.7 Å². The Hall–Kier alpha value is -4.66. The van der Waals surface area contributed by atoms with Gasteiger partial charge in [-0.15, -0.1) is 0 Å². The van der Waals surface area contributed by atoms with Crippen LogP contribution in [0.15, 0.2) is 76.2 Å². The minimum Gasteiger partial charge on any atom is -0.457 e. The third-order valence-corrected chi connectivity index (χ3v) is 4.79. The van der Waals surface area contributed by atoms with Crippen molar-refractivity contribution in [3.05, 3.63) is 73.0 Å². The Morgan fingerprint density at radius 3 is 2.81 bits per heavy atom. The lowest BCUT2D eigenvalue weighted by Crippen LogP contribution is -2.18. The van der Waals surface area contributed by atoms with Crippen molar-refractivity contribution < 1.29 is 18.4 Å². The highest BCUT2D eigenvalue weighted by atomic mass is 16.5. The van der Waals surface area contributed by atoms with E-state index in [9.17, 15) is 4.79 Å². The quantitative estimate of drug-likeness (QED) is 0.398. The molecule has 0 saturated carbocycles. The summed E-state index contributed by atoms with van der Waals surface area (Å²) in [5.74, 6) is 1.62. The maximum atomic E-state index is 11.8. The van der Waals surface area contributed by atoms with E-state index in [1.807, 2.05) is 12.1 Å². The molecule has 0 aliphatic rings. The van der Waals surface area contributed by atoms with E-state index in [0.717, 1.165) is 0 Å². The fraction of sp³-hybridized carbons (Fsp3) is 0.0435. The molecule has 5 rings (SSSR count). The number of amides is 1. The fourth-order valence-electron chi connectivity index (χ4n) is 3.31. The van der Waals surface area contributed by atoms with Gasteiger partial charge in [0.2, 0.25) is 5.89 Å². The summed E-state index contributed by atoms with van der Waals surface area (Å²) in [6.45, 7) is 0. The molecule has 0 spiro atoms. The number of nitrogens with two attached hydrogens (primary N) is 1. The molecular weight excluding hydrogens is 410 g/mol. The second kappa shape index (κ2) is 7.88. The molecule has 0 atom stereocenters. The average Bonchev–Trinajstić information content (AvgIpc) is 3.48. The number of aromatic nitrogens is 3. The van der Waals surface area contributed by atoms with Gasteiger partial charge in [-0.25, -0.2) is 9.97 Å². The van der Waals surface area contributed by atoms with Gasteiger partial charge in [-0.3, -0.25) is 9.78 Å². The number of rotatable bonds is 5. The predicted molar refractivity (Wildman–Crippen MR) is 117 cm³/mol. The van der Waals surface area contributed by atoms with Crippen molar-refractivity contribution >= 4 is 22.7 Å². The van der Waals surface area contributed by atoms with Crippen molar-refractivity contribution in [2.75, 3.05) is 12.8 Å². The molecular formula is C23H17N5O4. The Labute approximate surface area is 181 Å². The monoisotopic (exact) mass is 427 g/mol. The smallest absolute Gasteiger partial charge is 0.269 e. The van der Waals surface area contributed by atoms with Crippen LogP contribution in [0.25, 0.3) is 33.9 Å². The van der Waals surface area contributed by atoms with Crippen LogP contribution in [0.1, 0.15) is 10.5 Å². The van der Waals surface area contributed by atoms with Gasteiger partial charge in [-0.05, 0) is 30.3 Å². The first kappa shape index (κ1) is 19.3. The molecule has 0 aliphatic heterocycles. The summed E-state index contributed by atoms with van der Waals surface area (Å²) in [5, 5.41) is 2.53. The zero-order chi connectivity index (χ0) is 22.1. The van der Waals surface area contributed by atoms with E-state index < -0.39 is 0 Å². The molecule has 1 amide bonds. The van der Waals surface area contributed by atoms with Gasteiger partial charge in [0.25, 0.3) is 5.91 Å². The van der Waals surface area contributed by atoms with Crippen LogP contribution >= 0.6 is 0 Å². The summed E-state index contributed by atoms with van der Waals surface area (Å²) in [4.78, 5) is 24.4. The van der Waals surface area contributed by atoms with Gasteiger partial charge in [0.15, 0.2) is 17.7 Å². The molecule has 3 aromatic heterocycles. The number of ether oxygens (including phenoxy) is 1. The SMILES string of the molecule is CNC(=O)c1cc(Oc2ccc3nc(-c4cccc(N)c4-c4cnco4)oc3c2)ccn1. The third kappa shape index (κ3) is 3.52. The van der Waals surface area contributed by atoms with E-state index in [-0.39, 0.29) is 11.6 Å². The number of nitrogens with zero attached hydrogens (tertiary/aromatic N) is 3. The number of carbonyl (C=O) groups excluding carboxylic acids is 1. The molecule has 9 heteroatoms. The Morgan fingerprint density at radius 1 is 1.12 bits per heavy atom. The van der Waals surface area contributed by atoms with E-state index >= 15 is 0 Å². The molecule has 5 aromatic rings. The molecule has 3 N–H and O–H groups in total. The van der Waals surface area contributed by atoms with Gasteiger partial charge in [0.05, 0.1) is 17.3 Å². The van der Waals surface area contributed by atoms with Crippen LogP contribution in [-0.2, 0) is 0 Å². The van der Waals surface area contributed by atoms with Crippen molar-refractivity contribution in [3.8, 4) is 34.3 Å². The summed E-state index contributed by atoms with van der Waals surface area (Å²) in [6.07, 6.45) is 4.44. The highest BCUT2D eigenvalue weighted by Gasteiger charge is 2.18. The number of oxazole rings is 2. The second-order valence-corrected chi connectivity index (χ2v) is 6.84. The summed E-state index contributed by atoms with van der Waals surface area (Å²) in [6, 6.07) is 14.0. The van der Waals surface area contributed by atoms with Crippen molar-refractivity contribution in [3.63, 3.8) is 0 Å². The number of hydrogen-bond donors (Lipinski definition) is 2. The molecule has 32 heavy (non-hydrogen) atoms. The number of carbonyl (C=O) groups is 1. The first-order chi connectivity index (χ1) is 15.6. The van der Waals surface area contributed by atoms with Crippen LogP contribution < -0.4 is 15.8 Å². The lowest BCUT2D eigenvalue weighted by atomic mass is 10.0. The molecule has 2 aromatic carbocycles. The number of nitrogen functional groups attached to an aromatic ring is 1. The van der Waals surface area contributed by atoms with Gasteiger partial charge in [-0.1, -0.05) is 6.07 Å². The molecule has 3 heterocycles. The Morgan fingerprint density at radius 2 is 2.00 bits per heavy atom. The Balaban J connectivity index is 1.50. The van der Waals surface area contributed by atoms with Crippen LogP contribution in [0.5, 0.6) is 11.5 Å². The topological polar surface area (TPSA) is 129 Å². The van der Waals surface area contributed by atoms with Crippen molar-refractivity contribution in [1.82, 2.24) is 20.3 Å². The van der Waals surface area contributed by atoms with Gasteiger partial charge in [-0.2, -0.15) is 0 Å². The minimum atomic E-state index is -0.296. The summed E-state index contributed by atoms with van der Waals surface area (Å²) < 4.78 is 17.4. The average molecular weight is 427 g/mol. The number of nitrogens with one attached hydrogen (secondary N) is 1. The zero-order valence-corrected chi connectivity index (χ0v) is 16.9. The summed E-state index contributed by atoms with van der Waals surface area (Å²) >= 11 is 0. The molecule has 0 fully saturated rings. The van der Waals surface area contributed by atoms with Crippen LogP contribution in [0.4, 0.5) is 5.69 Å². The van der Waals surface area contributed by atoms with Crippen LogP contribution in [0.2, 0.25) is 0 Å². The maximum absolute atomic E-state index is 11.8. The van der Waals surface area contributed by atoms with Crippen molar-refractivity contribution in [2.45, 2.75) is 0 Å². The molecule has 9 nitrogen and oxygen atoms in total. The largest absolute Gasteiger partial charge is 0.457 e. The van der Waals surface area contributed by atoms with E-state index in [1.54, 1.807) is 49.6 Å². The second-order valence-electron chi connectivity index (χ2n) is 6.84. The van der Waals surface area contributed by atoms with Crippen LogP contribution in [-0.4, -0.2) is 27.9 Å². The van der Waals surface area contributed by atoms with Gasteiger partial charge >= 0.3 is 0 Å². The van der Waals surface area contributed by atoms with E-state index in [0.29, 0.717) is 51.1 Å². The molecule has 158 valence electrons. The normalized spacial score (nSPS) is 10.9. The fourth-order valence-corrected chi connectivity index (χ4v) is 3.31. The van der Waals surface area contributed by atoms with E-state index in [2.05, 4.69) is 20.3 Å². The first-order valence-electron chi connectivity index (χ1n) is 9.66. The molecule has 0 saturated heterocycles. The summed E-state index contributed by atoms with van der Waals surface area (Å²) in [5.41, 5.74) is 9.50. The van der Waals surface area contributed by atoms with Gasteiger partial charge in [0, 0.05) is 31.1 Å². The lowest BCUT2D eigenvalue weighted by Gasteiger charge is -2.07. The number of anilines is 1.